The molecule has 1 fully saturated rings. The minimum Gasteiger partial charge on any atom is -0.419 e. The molecule has 20 heavy (non-hydrogen) atoms. The molecule has 1 aromatic carbocycles. The summed E-state index contributed by atoms with van der Waals surface area (Å²) in [6.45, 7) is 2.62. The van der Waals surface area contributed by atoms with E-state index in [1.165, 1.54) is 0 Å². The number of likely N-dealkylation sites (tertiary alicyclic amines) is 1. The summed E-state index contributed by atoms with van der Waals surface area (Å²) in [7, 11) is 0. The highest BCUT2D eigenvalue weighted by molar-refractivity contribution is 9.10. The predicted molar refractivity (Wildman–Crippen MR) is 79.9 cm³/mol. The van der Waals surface area contributed by atoms with Crippen molar-refractivity contribution in [2.75, 3.05) is 13.1 Å². The van der Waals surface area contributed by atoms with Crippen LogP contribution in [0.3, 0.4) is 0 Å². The number of nitrogens with two attached hydrogens (primary N) is 1. The van der Waals surface area contributed by atoms with Gasteiger partial charge in [0.1, 0.15) is 0 Å². The van der Waals surface area contributed by atoms with Gasteiger partial charge in [0.2, 0.25) is 11.8 Å². The monoisotopic (exact) mass is 336 g/mol. The molecule has 3 rings (SSSR count). The summed E-state index contributed by atoms with van der Waals surface area (Å²) in [5.41, 5.74) is 6.91. The molecule has 0 radical (unpaired) electrons. The van der Waals surface area contributed by atoms with Crippen molar-refractivity contribution in [1.29, 1.82) is 0 Å². The quantitative estimate of drug-likeness (QED) is 0.932. The Kier molecular flexibility index (Phi) is 4.14. The van der Waals surface area contributed by atoms with Crippen molar-refractivity contribution in [3.63, 3.8) is 0 Å². The van der Waals surface area contributed by atoms with E-state index in [9.17, 15) is 0 Å². The number of hydrogen-bond acceptors (Lipinski definition) is 5. The zero-order valence-electron chi connectivity index (χ0n) is 11.1. The van der Waals surface area contributed by atoms with Gasteiger partial charge in [-0.05, 0) is 43.7 Å². The normalized spacial score (nSPS) is 20.2. The van der Waals surface area contributed by atoms with E-state index in [4.69, 9.17) is 10.2 Å². The number of piperidine rings is 1. The van der Waals surface area contributed by atoms with Crippen LogP contribution in [0.1, 0.15) is 18.7 Å². The number of hydrogen-bond donors (Lipinski definition) is 1. The smallest absolute Gasteiger partial charge is 0.247 e. The van der Waals surface area contributed by atoms with E-state index in [2.05, 4.69) is 31.0 Å². The maximum absolute atomic E-state index is 5.98. The second-order valence-corrected chi connectivity index (χ2v) is 6.06. The molecular weight excluding hydrogens is 320 g/mol. The average Bonchev–Trinajstić information content (AvgIpc) is 2.88. The van der Waals surface area contributed by atoms with Crippen LogP contribution in [0.15, 0.2) is 33.2 Å². The number of benzene rings is 1. The molecule has 0 spiro atoms. The number of aromatic nitrogens is 2. The number of halogens is 1. The average molecular weight is 337 g/mol. The van der Waals surface area contributed by atoms with E-state index in [1.54, 1.807) is 0 Å². The van der Waals surface area contributed by atoms with Crippen LogP contribution in [0.4, 0.5) is 0 Å². The molecule has 0 saturated carbocycles. The maximum atomic E-state index is 5.98. The van der Waals surface area contributed by atoms with Gasteiger partial charge < -0.3 is 10.2 Å². The van der Waals surface area contributed by atoms with Crippen LogP contribution in [-0.4, -0.2) is 34.2 Å². The highest BCUT2D eigenvalue weighted by Gasteiger charge is 2.19. The van der Waals surface area contributed by atoms with E-state index >= 15 is 0 Å². The van der Waals surface area contributed by atoms with Crippen molar-refractivity contribution in [2.45, 2.75) is 25.4 Å². The standard InChI is InChI=1S/C14H17BrN4O/c15-11-5-3-10(4-6-11)14-18-17-13(20-14)9-19-7-1-2-12(16)8-19/h3-6,12H,1-2,7-9,16H2. The fourth-order valence-electron chi connectivity index (χ4n) is 2.45. The Hall–Kier alpha value is -1.24. The van der Waals surface area contributed by atoms with E-state index in [0.29, 0.717) is 18.3 Å². The lowest BCUT2D eigenvalue weighted by molar-refractivity contribution is 0.185. The number of nitrogens with zero attached hydrogens (tertiary/aromatic N) is 3. The van der Waals surface area contributed by atoms with Gasteiger partial charge in [-0.15, -0.1) is 10.2 Å². The van der Waals surface area contributed by atoms with Gasteiger partial charge in [-0.2, -0.15) is 0 Å². The number of rotatable bonds is 3. The first-order valence-corrected chi connectivity index (χ1v) is 7.56. The molecule has 1 atom stereocenters. The van der Waals surface area contributed by atoms with Gasteiger partial charge in [0.25, 0.3) is 0 Å². The molecule has 1 aliphatic heterocycles. The molecule has 2 N–H and O–H groups in total. The molecule has 0 bridgehead atoms. The van der Waals surface area contributed by atoms with Crippen LogP contribution in [0, 0.1) is 0 Å². The van der Waals surface area contributed by atoms with Crippen LogP contribution in [0.2, 0.25) is 0 Å². The summed E-state index contributed by atoms with van der Waals surface area (Å²) in [6.07, 6.45) is 2.24. The highest BCUT2D eigenvalue weighted by atomic mass is 79.9. The van der Waals surface area contributed by atoms with Gasteiger partial charge in [-0.1, -0.05) is 15.9 Å². The van der Waals surface area contributed by atoms with Crippen LogP contribution >= 0.6 is 15.9 Å². The highest BCUT2D eigenvalue weighted by Crippen LogP contribution is 2.21. The van der Waals surface area contributed by atoms with E-state index in [0.717, 1.165) is 36.0 Å². The zero-order valence-corrected chi connectivity index (χ0v) is 12.7. The first kappa shape index (κ1) is 13.7. The SMILES string of the molecule is NC1CCCN(Cc2nnc(-c3ccc(Br)cc3)o2)C1. The van der Waals surface area contributed by atoms with Gasteiger partial charge >= 0.3 is 0 Å². The van der Waals surface area contributed by atoms with E-state index < -0.39 is 0 Å². The Labute approximate surface area is 126 Å². The molecule has 0 amide bonds. The third-order valence-electron chi connectivity index (χ3n) is 3.46. The molecule has 5 nitrogen and oxygen atoms in total. The molecule has 1 aliphatic rings. The van der Waals surface area contributed by atoms with Crippen LogP contribution in [-0.2, 0) is 6.54 Å². The Morgan fingerprint density at radius 3 is 2.85 bits per heavy atom. The molecule has 0 aliphatic carbocycles. The summed E-state index contributed by atoms with van der Waals surface area (Å²) in [5.74, 6) is 1.21. The molecule has 2 aromatic rings. The zero-order chi connectivity index (χ0) is 13.9. The van der Waals surface area contributed by atoms with E-state index in [1.807, 2.05) is 24.3 Å². The van der Waals surface area contributed by atoms with Gasteiger partial charge in [0.15, 0.2) is 0 Å². The Bertz CT molecular complexity index is 569. The minimum absolute atomic E-state index is 0.262. The summed E-state index contributed by atoms with van der Waals surface area (Å²) in [6, 6.07) is 8.10. The van der Waals surface area contributed by atoms with Crippen molar-refractivity contribution < 1.29 is 4.42 Å². The molecule has 1 saturated heterocycles. The van der Waals surface area contributed by atoms with E-state index in [-0.39, 0.29) is 6.04 Å². The van der Waals surface area contributed by atoms with Crippen LogP contribution in [0.5, 0.6) is 0 Å². The molecular formula is C14H17BrN4O. The lowest BCUT2D eigenvalue weighted by atomic mass is 10.1. The topological polar surface area (TPSA) is 68.2 Å². The summed E-state index contributed by atoms with van der Waals surface area (Å²) >= 11 is 3.41. The molecule has 2 heterocycles. The fraction of sp³-hybridized carbons (Fsp3) is 0.429. The fourth-order valence-corrected chi connectivity index (χ4v) is 2.72. The summed E-state index contributed by atoms with van der Waals surface area (Å²) in [4.78, 5) is 2.27. The van der Waals surface area contributed by atoms with Gasteiger partial charge in [0.05, 0.1) is 6.54 Å². The van der Waals surface area contributed by atoms with Gasteiger partial charge in [-0.25, -0.2) is 0 Å². The second kappa shape index (κ2) is 6.03. The van der Waals surface area contributed by atoms with Crippen molar-refractivity contribution in [2.24, 2.45) is 5.73 Å². The Morgan fingerprint density at radius 1 is 1.30 bits per heavy atom. The van der Waals surface area contributed by atoms with Crippen LogP contribution < -0.4 is 5.73 Å². The van der Waals surface area contributed by atoms with Gasteiger partial charge in [-0.3, -0.25) is 4.90 Å². The van der Waals surface area contributed by atoms with Crippen molar-refractivity contribution in [3.05, 3.63) is 34.6 Å². The molecule has 106 valence electrons. The first-order chi connectivity index (χ1) is 9.70. The predicted octanol–water partition coefficient (Wildman–Crippen LogP) is 2.42. The Morgan fingerprint density at radius 2 is 2.10 bits per heavy atom. The summed E-state index contributed by atoms with van der Waals surface area (Å²) in [5, 5.41) is 8.23. The largest absolute Gasteiger partial charge is 0.419 e. The second-order valence-electron chi connectivity index (χ2n) is 5.15. The van der Waals surface area contributed by atoms with Gasteiger partial charge in [0, 0.05) is 22.6 Å². The van der Waals surface area contributed by atoms with Crippen molar-refractivity contribution in [3.8, 4) is 11.5 Å². The third kappa shape index (κ3) is 3.26. The van der Waals surface area contributed by atoms with Crippen molar-refractivity contribution in [1.82, 2.24) is 15.1 Å². The third-order valence-corrected chi connectivity index (χ3v) is 3.99. The lowest BCUT2D eigenvalue weighted by Gasteiger charge is -2.29. The van der Waals surface area contributed by atoms with Crippen molar-refractivity contribution >= 4 is 15.9 Å². The molecule has 1 aromatic heterocycles. The minimum atomic E-state index is 0.262. The maximum Gasteiger partial charge on any atom is 0.247 e. The lowest BCUT2D eigenvalue weighted by Crippen LogP contribution is -2.42. The summed E-state index contributed by atoms with van der Waals surface area (Å²) < 4.78 is 6.76. The molecule has 1 unspecified atom stereocenters. The Balaban J connectivity index is 1.69. The van der Waals surface area contributed by atoms with Crippen LogP contribution in [0.25, 0.3) is 11.5 Å². The molecule has 6 heteroatoms. The first-order valence-electron chi connectivity index (χ1n) is 6.77.